The highest BCUT2D eigenvalue weighted by atomic mass is 19.1. The van der Waals surface area contributed by atoms with Gasteiger partial charge in [-0.1, -0.05) is 11.2 Å². The van der Waals surface area contributed by atoms with Gasteiger partial charge in [-0.2, -0.15) is 4.98 Å². The fourth-order valence-corrected chi connectivity index (χ4v) is 2.90. The summed E-state index contributed by atoms with van der Waals surface area (Å²) in [5.41, 5.74) is 0.747. The molecule has 0 N–H and O–H groups in total. The Morgan fingerprint density at radius 1 is 1.00 bits per heavy atom. The van der Waals surface area contributed by atoms with Crippen molar-refractivity contribution < 1.29 is 8.91 Å². The maximum Gasteiger partial charge on any atom is 0.241 e. The van der Waals surface area contributed by atoms with E-state index in [1.54, 1.807) is 12.1 Å². The van der Waals surface area contributed by atoms with Gasteiger partial charge in [0.25, 0.3) is 0 Å². The van der Waals surface area contributed by atoms with Crippen molar-refractivity contribution >= 4 is 5.82 Å². The number of anilines is 1. The number of aromatic nitrogens is 3. The minimum atomic E-state index is -0.279. The van der Waals surface area contributed by atoms with Gasteiger partial charge in [-0.15, -0.1) is 0 Å². The molecule has 0 amide bonds. The zero-order valence-corrected chi connectivity index (χ0v) is 13.7. The van der Waals surface area contributed by atoms with E-state index in [4.69, 9.17) is 4.52 Å². The summed E-state index contributed by atoms with van der Waals surface area (Å²) in [4.78, 5) is 13.4. The highest BCUT2D eigenvalue weighted by molar-refractivity contribution is 5.53. The first kappa shape index (κ1) is 15.7. The van der Waals surface area contributed by atoms with E-state index in [1.807, 2.05) is 24.4 Å². The maximum atomic E-state index is 13.0. The van der Waals surface area contributed by atoms with E-state index in [9.17, 15) is 4.39 Å². The predicted molar refractivity (Wildman–Crippen MR) is 91.4 cm³/mol. The first-order valence-corrected chi connectivity index (χ1v) is 8.25. The second-order valence-corrected chi connectivity index (χ2v) is 5.97. The monoisotopic (exact) mass is 339 g/mol. The van der Waals surface area contributed by atoms with Crippen molar-refractivity contribution in [3.05, 3.63) is 60.4 Å². The molecule has 3 aromatic rings. The summed E-state index contributed by atoms with van der Waals surface area (Å²) in [6.07, 6.45) is 1.82. The van der Waals surface area contributed by atoms with E-state index in [0.717, 1.165) is 37.6 Å². The van der Waals surface area contributed by atoms with Crippen LogP contribution in [0.1, 0.15) is 5.89 Å². The molecule has 25 heavy (non-hydrogen) atoms. The van der Waals surface area contributed by atoms with Gasteiger partial charge in [0, 0.05) is 37.9 Å². The molecule has 1 aliphatic heterocycles. The van der Waals surface area contributed by atoms with Gasteiger partial charge >= 0.3 is 0 Å². The normalized spacial score (nSPS) is 15.5. The number of rotatable bonds is 4. The van der Waals surface area contributed by atoms with E-state index in [2.05, 4.69) is 24.9 Å². The summed E-state index contributed by atoms with van der Waals surface area (Å²) in [6, 6.07) is 12.0. The van der Waals surface area contributed by atoms with E-state index >= 15 is 0 Å². The van der Waals surface area contributed by atoms with Crippen molar-refractivity contribution in [1.82, 2.24) is 20.0 Å². The average molecular weight is 339 g/mol. The molecule has 0 aliphatic carbocycles. The lowest BCUT2D eigenvalue weighted by molar-refractivity contribution is 0.215. The molecular formula is C18H18FN5O. The maximum absolute atomic E-state index is 13.0. The van der Waals surface area contributed by atoms with Crippen LogP contribution in [-0.4, -0.2) is 46.2 Å². The predicted octanol–water partition coefficient (Wildman–Crippen LogP) is 2.59. The van der Waals surface area contributed by atoms with Crippen molar-refractivity contribution in [3.8, 4) is 11.4 Å². The number of halogens is 1. The lowest BCUT2D eigenvalue weighted by atomic mass is 10.2. The Kier molecular flexibility index (Phi) is 4.39. The van der Waals surface area contributed by atoms with Crippen LogP contribution < -0.4 is 4.90 Å². The van der Waals surface area contributed by atoms with Crippen molar-refractivity contribution in [2.45, 2.75) is 6.54 Å². The number of benzene rings is 1. The molecule has 1 aliphatic rings. The first-order valence-electron chi connectivity index (χ1n) is 8.25. The van der Waals surface area contributed by atoms with Crippen LogP contribution >= 0.6 is 0 Å². The topological polar surface area (TPSA) is 58.3 Å². The fraction of sp³-hybridized carbons (Fsp3) is 0.278. The Morgan fingerprint density at radius 2 is 1.80 bits per heavy atom. The molecule has 1 saturated heterocycles. The molecule has 2 aromatic heterocycles. The Hall–Kier alpha value is -2.80. The van der Waals surface area contributed by atoms with Crippen molar-refractivity contribution in [2.75, 3.05) is 31.1 Å². The minimum Gasteiger partial charge on any atom is -0.354 e. The molecule has 128 valence electrons. The fourth-order valence-electron chi connectivity index (χ4n) is 2.90. The molecule has 0 spiro atoms. The van der Waals surface area contributed by atoms with Crippen LogP contribution in [0.2, 0.25) is 0 Å². The summed E-state index contributed by atoms with van der Waals surface area (Å²) >= 11 is 0. The van der Waals surface area contributed by atoms with Gasteiger partial charge in [-0.3, -0.25) is 4.90 Å². The van der Waals surface area contributed by atoms with E-state index in [-0.39, 0.29) is 5.82 Å². The summed E-state index contributed by atoms with van der Waals surface area (Å²) in [5, 5.41) is 3.99. The van der Waals surface area contributed by atoms with Crippen LogP contribution in [0.4, 0.5) is 10.2 Å². The van der Waals surface area contributed by atoms with Gasteiger partial charge in [0.2, 0.25) is 11.7 Å². The molecule has 6 nitrogen and oxygen atoms in total. The van der Waals surface area contributed by atoms with E-state index in [1.165, 1.54) is 12.1 Å². The summed E-state index contributed by atoms with van der Waals surface area (Å²) in [7, 11) is 0. The second kappa shape index (κ2) is 6.98. The van der Waals surface area contributed by atoms with Crippen LogP contribution in [0.3, 0.4) is 0 Å². The Balaban J connectivity index is 1.35. The van der Waals surface area contributed by atoms with Crippen LogP contribution in [0, 0.1) is 5.82 Å². The number of hydrogen-bond acceptors (Lipinski definition) is 6. The van der Waals surface area contributed by atoms with Gasteiger partial charge in [0.15, 0.2) is 0 Å². The highest BCUT2D eigenvalue weighted by Gasteiger charge is 2.20. The molecular weight excluding hydrogens is 321 g/mol. The van der Waals surface area contributed by atoms with Crippen LogP contribution in [-0.2, 0) is 6.54 Å². The summed E-state index contributed by atoms with van der Waals surface area (Å²) in [5.74, 6) is 1.80. The number of piperazine rings is 1. The van der Waals surface area contributed by atoms with Crippen LogP contribution in [0.15, 0.2) is 53.2 Å². The first-order chi connectivity index (χ1) is 12.3. The van der Waals surface area contributed by atoms with Gasteiger partial charge in [-0.05, 0) is 36.4 Å². The van der Waals surface area contributed by atoms with E-state index in [0.29, 0.717) is 18.3 Å². The summed E-state index contributed by atoms with van der Waals surface area (Å²) < 4.78 is 18.3. The molecule has 1 aromatic carbocycles. The standard InChI is InChI=1S/C18H18FN5O/c19-15-6-4-14(5-7-15)18-21-17(25-22-18)13-23-9-11-24(12-10-23)16-3-1-2-8-20-16/h1-8H,9-13H2. The zero-order chi connectivity index (χ0) is 17.1. The molecule has 0 radical (unpaired) electrons. The SMILES string of the molecule is Fc1ccc(-c2noc(CN3CCN(c4ccccn4)CC3)n2)cc1. The molecule has 0 bridgehead atoms. The molecule has 7 heteroatoms. The zero-order valence-electron chi connectivity index (χ0n) is 13.7. The Morgan fingerprint density at radius 3 is 2.52 bits per heavy atom. The third kappa shape index (κ3) is 3.66. The van der Waals surface area contributed by atoms with Crippen molar-refractivity contribution in [2.24, 2.45) is 0 Å². The second-order valence-electron chi connectivity index (χ2n) is 5.97. The smallest absolute Gasteiger partial charge is 0.241 e. The highest BCUT2D eigenvalue weighted by Crippen LogP contribution is 2.18. The van der Waals surface area contributed by atoms with Crippen molar-refractivity contribution in [3.63, 3.8) is 0 Å². The molecule has 4 rings (SSSR count). The van der Waals surface area contributed by atoms with Crippen molar-refractivity contribution in [1.29, 1.82) is 0 Å². The lowest BCUT2D eigenvalue weighted by Gasteiger charge is -2.34. The van der Waals surface area contributed by atoms with Gasteiger partial charge in [0.05, 0.1) is 6.54 Å². The van der Waals surface area contributed by atoms with E-state index < -0.39 is 0 Å². The number of pyridine rings is 1. The Bertz CT molecular complexity index is 813. The average Bonchev–Trinajstić information content (AvgIpc) is 3.12. The van der Waals surface area contributed by atoms with Gasteiger partial charge in [-0.25, -0.2) is 9.37 Å². The third-order valence-electron chi connectivity index (χ3n) is 4.27. The van der Waals surface area contributed by atoms with Crippen LogP contribution in [0.5, 0.6) is 0 Å². The molecule has 0 atom stereocenters. The van der Waals surface area contributed by atoms with Gasteiger partial charge in [0.1, 0.15) is 11.6 Å². The number of nitrogens with zero attached hydrogens (tertiary/aromatic N) is 5. The molecule has 0 unspecified atom stereocenters. The largest absolute Gasteiger partial charge is 0.354 e. The summed E-state index contributed by atoms with van der Waals surface area (Å²) in [6.45, 7) is 4.26. The number of hydrogen-bond donors (Lipinski definition) is 0. The van der Waals surface area contributed by atoms with Gasteiger partial charge < -0.3 is 9.42 Å². The minimum absolute atomic E-state index is 0.279. The lowest BCUT2D eigenvalue weighted by Crippen LogP contribution is -2.46. The molecule has 0 saturated carbocycles. The molecule has 3 heterocycles. The molecule has 1 fully saturated rings. The quantitative estimate of drug-likeness (QED) is 0.728. The third-order valence-corrected chi connectivity index (χ3v) is 4.27. The van der Waals surface area contributed by atoms with Crippen LogP contribution in [0.25, 0.3) is 11.4 Å². The Labute approximate surface area is 144 Å².